The van der Waals surface area contributed by atoms with Crippen LogP contribution in [0.3, 0.4) is 0 Å². The number of halogens is 1. The molecular formula is C22H28FN3O. The molecule has 5 heteroatoms. The highest BCUT2D eigenvalue weighted by atomic mass is 19.1. The Hall–Kier alpha value is -2.24. The van der Waals surface area contributed by atoms with Gasteiger partial charge in [-0.05, 0) is 36.1 Å². The van der Waals surface area contributed by atoms with Crippen molar-refractivity contribution in [2.24, 2.45) is 0 Å². The van der Waals surface area contributed by atoms with Crippen molar-refractivity contribution in [3.63, 3.8) is 0 Å². The molecule has 1 aliphatic rings. The third kappa shape index (κ3) is 5.88. The first-order valence-electron chi connectivity index (χ1n) is 9.61. The van der Waals surface area contributed by atoms with E-state index in [0.29, 0.717) is 25.1 Å². The fourth-order valence-electron chi connectivity index (χ4n) is 3.43. The summed E-state index contributed by atoms with van der Waals surface area (Å²) >= 11 is 0. The molecular weight excluding hydrogens is 341 g/mol. The number of benzene rings is 2. The number of carbonyl (C=O) groups excluding carboxylic acids is 1. The van der Waals surface area contributed by atoms with Gasteiger partial charge in [-0.25, -0.2) is 4.39 Å². The van der Waals surface area contributed by atoms with Crippen molar-refractivity contribution in [2.45, 2.75) is 19.9 Å². The van der Waals surface area contributed by atoms with Crippen molar-refractivity contribution in [2.75, 3.05) is 39.3 Å². The van der Waals surface area contributed by atoms with Gasteiger partial charge in [-0.2, -0.15) is 0 Å². The van der Waals surface area contributed by atoms with E-state index in [1.807, 2.05) is 6.07 Å². The van der Waals surface area contributed by atoms with E-state index < -0.39 is 0 Å². The molecule has 1 fully saturated rings. The van der Waals surface area contributed by atoms with Crippen LogP contribution in [0.4, 0.5) is 4.39 Å². The molecule has 0 unspecified atom stereocenters. The number of piperazine rings is 1. The Morgan fingerprint density at radius 2 is 1.59 bits per heavy atom. The van der Waals surface area contributed by atoms with Crippen LogP contribution in [0.1, 0.15) is 16.7 Å². The molecule has 2 aromatic rings. The van der Waals surface area contributed by atoms with Crippen LogP contribution >= 0.6 is 0 Å². The van der Waals surface area contributed by atoms with Crippen molar-refractivity contribution in [1.82, 2.24) is 15.1 Å². The van der Waals surface area contributed by atoms with Crippen molar-refractivity contribution >= 4 is 5.91 Å². The number of nitrogens with zero attached hydrogens (tertiary/aromatic N) is 2. The Morgan fingerprint density at radius 3 is 2.30 bits per heavy atom. The molecule has 0 saturated carbocycles. The SMILES string of the molecule is Cc1ccccc1CN1CCN(CC(=O)NCCc2ccccc2F)CC1. The zero-order valence-electron chi connectivity index (χ0n) is 16.0. The first-order chi connectivity index (χ1) is 13.1. The second-order valence-electron chi connectivity index (χ2n) is 7.17. The molecule has 1 heterocycles. The number of nitrogens with one attached hydrogen (secondary N) is 1. The number of hydrogen-bond donors (Lipinski definition) is 1. The Kier molecular flexibility index (Phi) is 6.96. The van der Waals surface area contributed by atoms with Crippen LogP contribution in [0.5, 0.6) is 0 Å². The molecule has 0 atom stereocenters. The van der Waals surface area contributed by atoms with Crippen LogP contribution in [0, 0.1) is 12.7 Å². The van der Waals surface area contributed by atoms with E-state index in [1.54, 1.807) is 12.1 Å². The molecule has 0 aromatic heterocycles. The summed E-state index contributed by atoms with van der Waals surface area (Å²) in [5.41, 5.74) is 3.34. The number of amides is 1. The minimum atomic E-state index is -0.212. The molecule has 0 radical (unpaired) electrons. The summed E-state index contributed by atoms with van der Waals surface area (Å²) in [6.07, 6.45) is 0.516. The van der Waals surface area contributed by atoms with Crippen LogP contribution < -0.4 is 5.32 Å². The minimum Gasteiger partial charge on any atom is -0.355 e. The van der Waals surface area contributed by atoms with E-state index in [-0.39, 0.29) is 11.7 Å². The van der Waals surface area contributed by atoms with E-state index in [2.05, 4.69) is 46.3 Å². The smallest absolute Gasteiger partial charge is 0.234 e. The fourth-order valence-corrected chi connectivity index (χ4v) is 3.43. The highest BCUT2D eigenvalue weighted by molar-refractivity contribution is 5.78. The topological polar surface area (TPSA) is 35.6 Å². The maximum atomic E-state index is 13.6. The lowest BCUT2D eigenvalue weighted by Crippen LogP contribution is -2.49. The number of aryl methyl sites for hydroxylation is 1. The summed E-state index contributed by atoms with van der Waals surface area (Å²) < 4.78 is 13.6. The standard InChI is InChI=1S/C22H28FN3O/c1-18-6-2-3-8-20(18)16-25-12-14-26(15-13-25)17-22(27)24-11-10-19-7-4-5-9-21(19)23/h2-9H,10-17H2,1H3,(H,24,27). The van der Waals surface area contributed by atoms with E-state index in [0.717, 1.165) is 32.7 Å². The maximum absolute atomic E-state index is 13.6. The van der Waals surface area contributed by atoms with Gasteiger partial charge in [0, 0.05) is 39.3 Å². The average Bonchev–Trinajstić information content (AvgIpc) is 2.67. The maximum Gasteiger partial charge on any atom is 0.234 e. The molecule has 144 valence electrons. The summed E-state index contributed by atoms with van der Waals surface area (Å²) in [7, 11) is 0. The lowest BCUT2D eigenvalue weighted by Gasteiger charge is -2.34. The molecule has 0 aliphatic carbocycles. The summed E-state index contributed by atoms with van der Waals surface area (Å²) in [4.78, 5) is 16.8. The first kappa shape index (κ1) is 19.5. The van der Waals surface area contributed by atoms with Gasteiger partial charge in [0.1, 0.15) is 5.82 Å². The van der Waals surface area contributed by atoms with Crippen molar-refractivity contribution in [3.8, 4) is 0 Å². The number of hydrogen-bond acceptors (Lipinski definition) is 3. The van der Waals surface area contributed by atoms with Crippen LogP contribution in [0.15, 0.2) is 48.5 Å². The third-order valence-electron chi connectivity index (χ3n) is 5.16. The molecule has 1 N–H and O–H groups in total. The zero-order chi connectivity index (χ0) is 19.1. The van der Waals surface area contributed by atoms with E-state index in [1.165, 1.54) is 17.2 Å². The van der Waals surface area contributed by atoms with E-state index in [9.17, 15) is 9.18 Å². The third-order valence-corrected chi connectivity index (χ3v) is 5.16. The van der Waals surface area contributed by atoms with Crippen LogP contribution in [0.25, 0.3) is 0 Å². The zero-order valence-corrected chi connectivity index (χ0v) is 16.0. The Labute approximate surface area is 161 Å². The van der Waals surface area contributed by atoms with Gasteiger partial charge in [0.2, 0.25) is 5.91 Å². The van der Waals surface area contributed by atoms with Gasteiger partial charge in [0.25, 0.3) is 0 Å². The van der Waals surface area contributed by atoms with Gasteiger partial charge in [0.05, 0.1) is 6.54 Å². The lowest BCUT2D eigenvalue weighted by molar-refractivity contribution is -0.122. The molecule has 1 saturated heterocycles. The van der Waals surface area contributed by atoms with Crippen molar-refractivity contribution in [1.29, 1.82) is 0 Å². The van der Waals surface area contributed by atoms with Crippen LogP contribution in [0.2, 0.25) is 0 Å². The first-order valence-corrected chi connectivity index (χ1v) is 9.61. The Morgan fingerprint density at radius 1 is 0.963 bits per heavy atom. The van der Waals surface area contributed by atoms with E-state index in [4.69, 9.17) is 0 Å². The Bertz CT molecular complexity index is 757. The van der Waals surface area contributed by atoms with Gasteiger partial charge in [-0.3, -0.25) is 14.6 Å². The molecule has 0 spiro atoms. The fraction of sp³-hybridized carbons (Fsp3) is 0.409. The summed E-state index contributed by atoms with van der Waals surface area (Å²) in [5, 5.41) is 2.90. The predicted octanol–water partition coefficient (Wildman–Crippen LogP) is 2.61. The monoisotopic (exact) mass is 369 g/mol. The summed E-state index contributed by atoms with van der Waals surface area (Å²) in [6, 6.07) is 15.2. The van der Waals surface area contributed by atoms with Crippen LogP contribution in [-0.2, 0) is 17.8 Å². The molecule has 1 amide bonds. The lowest BCUT2D eigenvalue weighted by atomic mass is 10.1. The molecule has 0 bridgehead atoms. The van der Waals surface area contributed by atoms with Gasteiger partial charge in [0.15, 0.2) is 0 Å². The van der Waals surface area contributed by atoms with Gasteiger partial charge in [-0.15, -0.1) is 0 Å². The highest BCUT2D eigenvalue weighted by Gasteiger charge is 2.19. The van der Waals surface area contributed by atoms with Gasteiger partial charge in [-0.1, -0.05) is 42.5 Å². The highest BCUT2D eigenvalue weighted by Crippen LogP contribution is 2.12. The largest absolute Gasteiger partial charge is 0.355 e. The minimum absolute atomic E-state index is 0.0127. The van der Waals surface area contributed by atoms with Crippen molar-refractivity contribution in [3.05, 3.63) is 71.0 Å². The predicted molar refractivity (Wildman–Crippen MR) is 106 cm³/mol. The second kappa shape index (κ2) is 9.62. The molecule has 4 nitrogen and oxygen atoms in total. The molecule has 2 aromatic carbocycles. The summed E-state index contributed by atoms with van der Waals surface area (Å²) in [5.74, 6) is -0.199. The van der Waals surface area contributed by atoms with Crippen molar-refractivity contribution < 1.29 is 9.18 Å². The molecule has 1 aliphatic heterocycles. The quantitative estimate of drug-likeness (QED) is 0.815. The van der Waals surface area contributed by atoms with Crippen LogP contribution in [-0.4, -0.2) is 55.0 Å². The normalized spacial score (nSPS) is 15.6. The number of rotatable bonds is 7. The average molecular weight is 369 g/mol. The Balaban J connectivity index is 1.35. The van der Waals surface area contributed by atoms with Gasteiger partial charge >= 0.3 is 0 Å². The number of carbonyl (C=O) groups is 1. The second-order valence-corrected chi connectivity index (χ2v) is 7.17. The molecule has 3 rings (SSSR count). The van der Waals surface area contributed by atoms with Gasteiger partial charge < -0.3 is 5.32 Å². The summed E-state index contributed by atoms with van der Waals surface area (Å²) in [6.45, 7) is 7.72. The molecule has 27 heavy (non-hydrogen) atoms. The van der Waals surface area contributed by atoms with E-state index >= 15 is 0 Å².